The number of methoxy groups -OCH3 is 1. The van der Waals surface area contributed by atoms with Crippen molar-refractivity contribution < 1.29 is 4.74 Å². The van der Waals surface area contributed by atoms with Crippen LogP contribution in [-0.2, 0) is 4.74 Å². The molecule has 0 N–H and O–H groups in total. The summed E-state index contributed by atoms with van der Waals surface area (Å²) in [6, 6.07) is 2.14. The van der Waals surface area contributed by atoms with Crippen LogP contribution in [0.15, 0.2) is 16.3 Å². The first kappa shape index (κ1) is 9.10. The van der Waals surface area contributed by atoms with Crippen LogP contribution >= 0.6 is 23.1 Å². The molecule has 1 aromatic rings. The number of hydrogen-bond donors (Lipinski definition) is 0. The molecule has 3 heteroatoms. The molecule has 1 heterocycles. The van der Waals surface area contributed by atoms with Crippen molar-refractivity contribution in [3.63, 3.8) is 0 Å². The monoisotopic (exact) mass is 188 g/mol. The highest BCUT2D eigenvalue weighted by Crippen LogP contribution is 2.32. The lowest BCUT2D eigenvalue weighted by Crippen LogP contribution is -1.93. The number of hydrogen-bond acceptors (Lipinski definition) is 3. The zero-order valence-corrected chi connectivity index (χ0v) is 8.59. The van der Waals surface area contributed by atoms with Crippen molar-refractivity contribution >= 4 is 23.1 Å². The summed E-state index contributed by atoms with van der Waals surface area (Å²) >= 11 is 3.54. The zero-order chi connectivity index (χ0) is 8.27. The van der Waals surface area contributed by atoms with Crippen molar-refractivity contribution in [2.45, 2.75) is 17.9 Å². The highest BCUT2D eigenvalue weighted by molar-refractivity contribution is 7.98. The Labute approximate surface area is 75.8 Å². The SMILES string of the molecule is COC(C)c1sccc1SC. The van der Waals surface area contributed by atoms with Gasteiger partial charge in [-0.1, -0.05) is 0 Å². The normalized spacial score (nSPS) is 13.4. The van der Waals surface area contributed by atoms with Crippen LogP contribution < -0.4 is 0 Å². The second-order valence-corrected chi connectivity index (χ2v) is 4.03. The molecule has 0 fully saturated rings. The number of thioether (sulfide) groups is 1. The average molecular weight is 188 g/mol. The molecule has 0 saturated heterocycles. The summed E-state index contributed by atoms with van der Waals surface area (Å²) in [5, 5.41) is 2.11. The van der Waals surface area contributed by atoms with Crippen LogP contribution in [0.25, 0.3) is 0 Å². The molecular formula is C8H12OS2. The van der Waals surface area contributed by atoms with Crippen LogP contribution in [0.1, 0.15) is 17.9 Å². The van der Waals surface area contributed by atoms with Gasteiger partial charge in [-0.3, -0.25) is 0 Å². The molecule has 0 aliphatic rings. The van der Waals surface area contributed by atoms with E-state index in [9.17, 15) is 0 Å². The first-order chi connectivity index (χ1) is 5.29. The average Bonchev–Trinajstić information content (AvgIpc) is 2.50. The molecule has 0 aliphatic carbocycles. The minimum Gasteiger partial charge on any atom is -0.376 e. The Bertz CT molecular complexity index is 220. The van der Waals surface area contributed by atoms with Crippen molar-refractivity contribution in [3.8, 4) is 0 Å². The molecule has 0 aromatic carbocycles. The molecule has 0 spiro atoms. The van der Waals surface area contributed by atoms with Crippen molar-refractivity contribution in [2.24, 2.45) is 0 Å². The Morgan fingerprint density at radius 1 is 1.64 bits per heavy atom. The summed E-state index contributed by atoms with van der Waals surface area (Å²) in [7, 11) is 1.74. The van der Waals surface area contributed by atoms with Gasteiger partial charge in [-0.25, -0.2) is 0 Å². The summed E-state index contributed by atoms with van der Waals surface area (Å²) in [6.07, 6.45) is 2.32. The molecule has 62 valence electrons. The predicted octanol–water partition coefficient (Wildman–Crippen LogP) is 3.18. The summed E-state index contributed by atoms with van der Waals surface area (Å²) in [5.41, 5.74) is 0. The van der Waals surface area contributed by atoms with Gasteiger partial charge in [0, 0.05) is 16.9 Å². The summed E-state index contributed by atoms with van der Waals surface area (Å²) in [5.74, 6) is 0. The Kier molecular flexibility index (Phi) is 3.43. The van der Waals surface area contributed by atoms with E-state index in [1.807, 2.05) is 0 Å². The van der Waals surface area contributed by atoms with E-state index in [0.717, 1.165) is 0 Å². The predicted molar refractivity (Wildman–Crippen MR) is 51.5 cm³/mol. The van der Waals surface area contributed by atoms with E-state index in [0.29, 0.717) is 0 Å². The molecule has 1 unspecified atom stereocenters. The fourth-order valence-corrected chi connectivity index (χ4v) is 2.76. The van der Waals surface area contributed by atoms with E-state index in [2.05, 4.69) is 24.6 Å². The summed E-state index contributed by atoms with van der Waals surface area (Å²) < 4.78 is 5.23. The third-order valence-electron chi connectivity index (χ3n) is 1.60. The van der Waals surface area contributed by atoms with E-state index < -0.39 is 0 Å². The van der Waals surface area contributed by atoms with Crippen LogP contribution in [-0.4, -0.2) is 13.4 Å². The van der Waals surface area contributed by atoms with Gasteiger partial charge in [0.25, 0.3) is 0 Å². The van der Waals surface area contributed by atoms with Crippen LogP contribution in [0.5, 0.6) is 0 Å². The van der Waals surface area contributed by atoms with E-state index >= 15 is 0 Å². The molecule has 1 aromatic heterocycles. The quantitative estimate of drug-likeness (QED) is 0.674. The number of ether oxygens (including phenoxy) is 1. The van der Waals surface area contributed by atoms with Crippen molar-refractivity contribution in [2.75, 3.05) is 13.4 Å². The molecule has 0 saturated carbocycles. The van der Waals surface area contributed by atoms with Gasteiger partial charge < -0.3 is 4.74 Å². The van der Waals surface area contributed by atoms with E-state index in [1.54, 1.807) is 30.2 Å². The maximum atomic E-state index is 5.23. The van der Waals surface area contributed by atoms with Gasteiger partial charge in [0.05, 0.1) is 6.10 Å². The molecule has 11 heavy (non-hydrogen) atoms. The third kappa shape index (κ3) is 1.98. The smallest absolute Gasteiger partial charge is 0.0896 e. The van der Waals surface area contributed by atoms with Gasteiger partial charge in [0.1, 0.15) is 0 Å². The van der Waals surface area contributed by atoms with Crippen LogP contribution in [0.4, 0.5) is 0 Å². The van der Waals surface area contributed by atoms with E-state index in [4.69, 9.17) is 4.74 Å². The first-order valence-electron chi connectivity index (χ1n) is 3.43. The van der Waals surface area contributed by atoms with Gasteiger partial charge in [-0.15, -0.1) is 23.1 Å². The summed E-state index contributed by atoms with van der Waals surface area (Å²) in [4.78, 5) is 2.67. The fourth-order valence-electron chi connectivity index (χ4n) is 0.881. The van der Waals surface area contributed by atoms with Crippen molar-refractivity contribution in [1.29, 1.82) is 0 Å². The van der Waals surface area contributed by atoms with E-state index in [-0.39, 0.29) is 6.10 Å². The van der Waals surface area contributed by atoms with Crippen LogP contribution in [0.3, 0.4) is 0 Å². The Morgan fingerprint density at radius 3 is 2.91 bits per heavy atom. The molecule has 1 nitrogen and oxygen atoms in total. The standard InChI is InChI=1S/C8H12OS2/c1-6(9-2)8-7(10-3)4-5-11-8/h4-6H,1-3H3. The van der Waals surface area contributed by atoms with E-state index in [1.165, 1.54) is 9.77 Å². The molecule has 0 radical (unpaired) electrons. The number of thiophene rings is 1. The number of rotatable bonds is 3. The Balaban J connectivity index is 2.83. The van der Waals surface area contributed by atoms with Gasteiger partial charge in [0.15, 0.2) is 0 Å². The minimum atomic E-state index is 0.234. The maximum absolute atomic E-state index is 5.23. The minimum absolute atomic E-state index is 0.234. The molecule has 1 atom stereocenters. The maximum Gasteiger partial charge on any atom is 0.0896 e. The third-order valence-corrected chi connectivity index (χ3v) is 3.60. The molecule has 0 amide bonds. The van der Waals surface area contributed by atoms with Gasteiger partial charge in [0.2, 0.25) is 0 Å². The largest absolute Gasteiger partial charge is 0.376 e. The molecule has 0 bridgehead atoms. The highest BCUT2D eigenvalue weighted by atomic mass is 32.2. The van der Waals surface area contributed by atoms with Crippen LogP contribution in [0, 0.1) is 0 Å². The lowest BCUT2D eigenvalue weighted by atomic mass is 10.3. The lowest BCUT2D eigenvalue weighted by molar-refractivity contribution is 0.120. The van der Waals surface area contributed by atoms with Gasteiger partial charge in [-0.2, -0.15) is 0 Å². The first-order valence-corrected chi connectivity index (χ1v) is 5.54. The molecule has 1 rings (SSSR count). The topological polar surface area (TPSA) is 9.23 Å². The molecular weight excluding hydrogens is 176 g/mol. The second kappa shape index (κ2) is 4.14. The highest BCUT2D eigenvalue weighted by Gasteiger charge is 2.09. The lowest BCUT2D eigenvalue weighted by Gasteiger charge is -2.08. The Hall–Kier alpha value is 0.01000. The van der Waals surface area contributed by atoms with Gasteiger partial charge >= 0.3 is 0 Å². The Morgan fingerprint density at radius 2 is 2.36 bits per heavy atom. The summed E-state index contributed by atoms with van der Waals surface area (Å²) in [6.45, 7) is 2.07. The second-order valence-electron chi connectivity index (χ2n) is 2.23. The zero-order valence-electron chi connectivity index (χ0n) is 6.96. The van der Waals surface area contributed by atoms with Crippen molar-refractivity contribution in [1.82, 2.24) is 0 Å². The van der Waals surface area contributed by atoms with Crippen molar-refractivity contribution in [3.05, 3.63) is 16.3 Å². The van der Waals surface area contributed by atoms with Crippen LogP contribution in [0.2, 0.25) is 0 Å². The van der Waals surface area contributed by atoms with Gasteiger partial charge in [-0.05, 0) is 24.6 Å². The molecule has 0 aliphatic heterocycles. The fraction of sp³-hybridized carbons (Fsp3) is 0.500.